The van der Waals surface area contributed by atoms with Crippen LogP contribution in [0.25, 0.3) is 0 Å². The highest BCUT2D eigenvalue weighted by molar-refractivity contribution is 5.89. The van der Waals surface area contributed by atoms with Crippen LogP contribution in [0, 0.1) is 38.5 Å². The maximum atomic E-state index is 11.7. The minimum atomic E-state index is -1.46. The minimum absolute atomic E-state index is 0.0935. The second-order valence-electron chi connectivity index (χ2n) is 15.0. The van der Waals surface area contributed by atoms with E-state index in [1.807, 2.05) is 13.8 Å². The van der Waals surface area contributed by atoms with Crippen LogP contribution in [-0.2, 0) is 20.7 Å². The molecule has 2 aliphatic heterocycles. The van der Waals surface area contributed by atoms with Gasteiger partial charge in [0, 0.05) is 5.56 Å². The van der Waals surface area contributed by atoms with Gasteiger partial charge in [-0.05, 0) is 87.8 Å². The van der Waals surface area contributed by atoms with Crippen molar-refractivity contribution in [2.45, 2.75) is 150 Å². The number of benzene rings is 1. The highest BCUT2D eigenvalue weighted by Crippen LogP contribution is 2.45. The number of carbonyl (C=O) groups is 1. The molecule has 9 nitrogen and oxygen atoms in total. The van der Waals surface area contributed by atoms with Crippen molar-refractivity contribution < 1.29 is 44.2 Å². The lowest BCUT2D eigenvalue weighted by atomic mass is 9.83. The molecule has 1 unspecified atom stereocenters. The summed E-state index contributed by atoms with van der Waals surface area (Å²) >= 11 is 0. The normalized spacial score (nSPS) is 22.0. The molecule has 0 aliphatic carbocycles. The molecule has 268 valence electrons. The van der Waals surface area contributed by atoms with Crippen LogP contribution in [0.15, 0.2) is 11.5 Å². The van der Waals surface area contributed by atoms with E-state index in [-0.39, 0.29) is 24.6 Å². The molecule has 47 heavy (non-hydrogen) atoms. The third-order valence-corrected chi connectivity index (χ3v) is 10.1. The van der Waals surface area contributed by atoms with E-state index in [0.717, 1.165) is 71.4 Å². The largest absolute Gasteiger partial charge is 0.499 e. The van der Waals surface area contributed by atoms with Gasteiger partial charge < -0.3 is 39.4 Å². The topological polar surface area (TPSA) is 135 Å². The zero-order valence-electron chi connectivity index (χ0n) is 30.2. The predicted molar refractivity (Wildman–Crippen MR) is 183 cm³/mol. The average Bonchev–Trinajstić information content (AvgIpc) is 3.30. The summed E-state index contributed by atoms with van der Waals surface area (Å²) in [5, 5.41) is 39.6. The average molecular weight is 663 g/mol. The molecular weight excluding hydrogens is 600 g/mol. The van der Waals surface area contributed by atoms with E-state index in [9.17, 15) is 25.2 Å². The summed E-state index contributed by atoms with van der Waals surface area (Å²) in [6.45, 7) is 16.6. The Kier molecular flexibility index (Phi) is 14.7. The number of rotatable bonds is 20. The van der Waals surface area contributed by atoms with Gasteiger partial charge in [-0.2, -0.15) is 0 Å². The summed E-state index contributed by atoms with van der Waals surface area (Å²) in [5.41, 5.74) is 3.91. The fourth-order valence-corrected chi connectivity index (χ4v) is 6.85. The summed E-state index contributed by atoms with van der Waals surface area (Å²) in [4.78, 5) is 11.7. The van der Waals surface area contributed by atoms with Crippen LogP contribution in [0.5, 0.6) is 11.5 Å². The molecule has 0 amide bonds. The molecule has 9 heteroatoms. The highest BCUT2D eigenvalue weighted by atomic mass is 16.6. The Morgan fingerprint density at radius 2 is 1.47 bits per heavy atom. The van der Waals surface area contributed by atoms with Crippen LogP contribution in [-0.4, -0.2) is 70.1 Å². The van der Waals surface area contributed by atoms with Crippen molar-refractivity contribution in [1.82, 2.24) is 0 Å². The van der Waals surface area contributed by atoms with Gasteiger partial charge in [0.1, 0.15) is 42.5 Å². The van der Waals surface area contributed by atoms with Gasteiger partial charge in [0.05, 0.1) is 6.61 Å². The SMILES string of the molecule is Cc1c(C)c2c(c(C)c1OCC(O)COC1=C(O)C(=O)O[C@@H]1[C@@H](O)CO)CC[C@@](C)(CCC[C@H](C)CCC[C@H](C)CCCC(C)C)O2. The fourth-order valence-electron chi connectivity index (χ4n) is 6.85. The Bertz CT molecular complexity index is 1210. The fraction of sp³-hybridized carbons (Fsp3) is 0.763. The second-order valence-corrected chi connectivity index (χ2v) is 15.0. The van der Waals surface area contributed by atoms with E-state index in [4.69, 9.17) is 18.9 Å². The summed E-state index contributed by atoms with van der Waals surface area (Å²) in [7, 11) is 0. The number of ether oxygens (including phenoxy) is 4. The number of cyclic esters (lactones) is 1. The van der Waals surface area contributed by atoms with Gasteiger partial charge in [0.25, 0.3) is 0 Å². The second kappa shape index (κ2) is 17.8. The molecule has 2 aliphatic rings. The zero-order chi connectivity index (χ0) is 34.9. The number of aliphatic hydroxyl groups excluding tert-OH is 4. The molecule has 1 aromatic carbocycles. The van der Waals surface area contributed by atoms with Crippen molar-refractivity contribution in [1.29, 1.82) is 0 Å². The van der Waals surface area contributed by atoms with E-state index in [1.54, 1.807) is 0 Å². The van der Waals surface area contributed by atoms with Crippen LogP contribution in [0.1, 0.15) is 121 Å². The van der Waals surface area contributed by atoms with Crippen molar-refractivity contribution >= 4 is 5.97 Å². The Hall–Kier alpha value is -2.49. The zero-order valence-corrected chi connectivity index (χ0v) is 30.2. The van der Waals surface area contributed by atoms with Crippen LogP contribution >= 0.6 is 0 Å². The Balaban J connectivity index is 1.49. The van der Waals surface area contributed by atoms with Crippen molar-refractivity contribution in [3.05, 3.63) is 33.8 Å². The molecule has 2 heterocycles. The summed E-state index contributed by atoms with van der Waals surface area (Å²) in [5.74, 6) is 1.85. The van der Waals surface area contributed by atoms with E-state index < -0.39 is 36.6 Å². The molecule has 0 fully saturated rings. The van der Waals surface area contributed by atoms with E-state index >= 15 is 0 Å². The molecule has 0 spiro atoms. The maximum Gasteiger partial charge on any atom is 0.378 e. The van der Waals surface area contributed by atoms with E-state index in [2.05, 4.69) is 41.5 Å². The molecule has 0 saturated heterocycles. The number of aliphatic hydroxyl groups is 4. The quantitative estimate of drug-likeness (QED) is 0.110. The lowest BCUT2D eigenvalue weighted by molar-refractivity contribution is -0.148. The van der Waals surface area contributed by atoms with Gasteiger partial charge in [-0.1, -0.05) is 72.6 Å². The van der Waals surface area contributed by atoms with Gasteiger partial charge >= 0.3 is 5.97 Å². The number of carbonyl (C=O) groups excluding carboxylic acids is 1. The number of fused-ring (bicyclic) bond motifs is 1. The van der Waals surface area contributed by atoms with Crippen molar-refractivity contribution in [2.75, 3.05) is 19.8 Å². The summed E-state index contributed by atoms with van der Waals surface area (Å²) in [6.07, 6.45) is 9.36. The van der Waals surface area contributed by atoms with Gasteiger partial charge in [-0.3, -0.25) is 0 Å². The van der Waals surface area contributed by atoms with Gasteiger partial charge in [-0.25, -0.2) is 4.79 Å². The monoisotopic (exact) mass is 662 g/mol. The molecule has 6 atom stereocenters. The summed E-state index contributed by atoms with van der Waals surface area (Å²) < 4.78 is 23.1. The molecule has 0 aromatic heterocycles. The van der Waals surface area contributed by atoms with Crippen molar-refractivity contribution in [3.8, 4) is 11.5 Å². The number of hydrogen-bond acceptors (Lipinski definition) is 9. The van der Waals surface area contributed by atoms with Crippen molar-refractivity contribution in [2.24, 2.45) is 17.8 Å². The Morgan fingerprint density at radius 3 is 2.09 bits per heavy atom. The molecule has 4 N–H and O–H groups in total. The number of hydrogen-bond donors (Lipinski definition) is 4. The third-order valence-electron chi connectivity index (χ3n) is 10.1. The molecular formula is C38H62O9. The van der Waals surface area contributed by atoms with E-state index in [0.29, 0.717) is 5.75 Å². The van der Waals surface area contributed by atoms with Gasteiger partial charge in [0.2, 0.25) is 5.76 Å². The van der Waals surface area contributed by atoms with Crippen LogP contribution in [0.2, 0.25) is 0 Å². The van der Waals surface area contributed by atoms with Crippen LogP contribution in [0.3, 0.4) is 0 Å². The first-order valence-corrected chi connectivity index (χ1v) is 17.9. The standard InChI is InChI=1S/C38H62O9/c1-23(2)12-9-13-24(3)14-10-15-25(4)16-11-18-38(8)19-17-30-28(7)33(26(5)27(6)34(30)47-38)44-21-29(40)22-45-36-32(42)37(43)46-35(36)31(41)20-39/h23-25,29,31,35,39-42H,9-22H2,1-8H3/t24-,25-,29?,31+,35-,38-/m1/s1. The highest BCUT2D eigenvalue weighted by Gasteiger charge is 2.41. The van der Waals surface area contributed by atoms with Gasteiger partial charge in [-0.15, -0.1) is 0 Å². The molecule has 0 bridgehead atoms. The first kappa shape index (κ1) is 39.0. The minimum Gasteiger partial charge on any atom is -0.499 e. The van der Waals surface area contributed by atoms with Gasteiger partial charge in [0.15, 0.2) is 11.9 Å². The molecule has 3 rings (SSSR count). The lowest BCUT2D eigenvalue weighted by Crippen LogP contribution is -2.37. The lowest BCUT2D eigenvalue weighted by Gasteiger charge is -2.38. The molecule has 0 saturated carbocycles. The maximum absolute atomic E-state index is 11.7. The van der Waals surface area contributed by atoms with E-state index in [1.165, 1.54) is 44.9 Å². The first-order chi connectivity index (χ1) is 22.2. The Morgan fingerprint density at radius 1 is 0.872 bits per heavy atom. The number of esters is 1. The van der Waals surface area contributed by atoms with Crippen molar-refractivity contribution in [3.63, 3.8) is 0 Å². The first-order valence-electron chi connectivity index (χ1n) is 17.9. The predicted octanol–water partition coefficient (Wildman–Crippen LogP) is 6.94. The smallest absolute Gasteiger partial charge is 0.378 e. The van der Waals surface area contributed by atoms with Crippen LogP contribution < -0.4 is 9.47 Å². The Labute approximate surface area is 282 Å². The third kappa shape index (κ3) is 10.8. The summed E-state index contributed by atoms with van der Waals surface area (Å²) in [6, 6.07) is 0. The molecule has 0 radical (unpaired) electrons. The molecule has 1 aromatic rings. The van der Waals surface area contributed by atoms with Crippen LogP contribution in [0.4, 0.5) is 0 Å².